The zero-order chi connectivity index (χ0) is 14.3. The Morgan fingerprint density at radius 2 is 1.84 bits per heavy atom. The van der Waals surface area contributed by atoms with E-state index in [2.05, 4.69) is 11.8 Å². The molecule has 0 saturated carbocycles. The molecule has 5 heteroatoms. The largest absolute Gasteiger partial charge is 0.481 e. The van der Waals surface area contributed by atoms with Crippen molar-refractivity contribution >= 4 is 11.9 Å². The number of carbonyl (C=O) groups is 2. The van der Waals surface area contributed by atoms with Gasteiger partial charge >= 0.3 is 5.97 Å². The first-order valence-corrected chi connectivity index (χ1v) is 7.27. The fourth-order valence-electron chi connectivity index (χ4n) is 2.39. The van der Waals surface area contributed by atoms with E-state index < -0.39 is 5.97 Å². The molecule has 0 spiro atoms. The molecular formula is C14H26N2O3. The van der Waals surface area contributed by atoms with Crippen molar-refractivity contribution in [1.29, 1.82) is 0 Å². The molecule has 1 amide bonds. The van der Waals surface area contributed by atoms with Crippen LogP contribution in [0.25, 0.3) is 0 Å². The number of carbonyl (C=O) groups excluding carboxylic acids is 1. The molecule has 0 aromatic heterocycles. The van der Waals surface area contributed by atoms with Crippen molar-refractivity contribution in [1.82, 2.24) is 9.80 Å². The maximum absolute atomic E-state index is 12.2. The number of piperazine rings is 1. The fourth-order valence-corrected chi connectivity index (χ4v) is 2.39. The van der Waals surface area contributed by atoms with E-state index in [9.17, 15) is 9.59 Å². The molecule has 1 atom stereocenters. The lowest BCUT2D eigenvalue weighted by Crippen LogP contribution is -2.50. The highest BCUT2D eigenvalue weighted by molar-refractivity contribution is 5.78. The molecule has 0 aliphatic carbocycles. The topological polar surface area (TPSA) is 60.9 Å². The number of carboxylic acid groups (broad SMARTS) is 1. The average Bonchev–Trinajstić information content (AvgIpc) is 2.42. The first-order valence-electron chi connectivity index (χ1n) is 7.27. The predicted octanol–water partition coefficient (Wildman–Crippen LogP) is 1.43. The Bertz CT molecular complexity index is 299. The highest BCUT2D eigenvalue weighted by atomic mass is 16.4. The summed E-state index contributed by atoms with van der Waals surface area (Å²) in [6.07, 6.45) is 3.38. The normalized spacial score (nSPS) is 18.3. The van der Waals surface area contributed by atoms with Gasteiger partial charge in [0.05, 0.1) is 6.42 Å². The molecule has 110 valence electrons. The molecule has 1 saturated heterocycles. The molecule has 19 heavy (non-hydrogen) atoms. The van der Waals surface area contributed by atoms with Crippen LogP contribution in [0.3, 0.4) is 0 Å². The number of hydrogen-bond donors (Lipinski definition) is 1. The number of hydrogen-bond acceptors (Lipinski definition) is 3. The number of rotatable bonds is 7. The van der Waals surface area contributed by atoms with E-state index in [0.717, 1.165) is 45.4 Å². The number of aliphatic carboxylic acids is 1. The summed E-state index contributed by atoms with van der Waals surface area (Å²) in [4.78, 5) is 26.8. The Hall–Kier alpha value is -1.10. The molecule has 0 bridgehead atoms. The third-order valence-electron chi connectivity index (χ3n) is 3.74. The van der Waals surface area contributed by atoms with Gasteiger partial charge in [-0.2, -0.15) is 0 Å². The van der Waals surface area contributed by atoms with Gasteiger partial charge in [0.15, 0.2) is 0 Å². The summed E-state index contributed by atoms with van der Waals surface area (Å²) in [5.74, 6) is -0.386. The molecule has 1 aliphatic rings. The average molecular weight is 270 g/mol. The van der Waals surface area contributed by atoms with Gasteiger partial charge in [-0.05, 0) is 6.42 Å². The maximum atomic E-state index is 12.2. The molecule has 0 radical (unpaired) electrons. The van der Waals surface area contributed by atoms with Gasteiger partial charge in [-0.25, -0.2) is 0 Å². The van der Waals surface area contributed by atoms with Crippen LogP contribution in [0, 0.1) is 5.92 Å². The van der Waals surface area contributed by atoms with Gasteiger partial charge in [0.1, 0.15) is 0 Å². The minimum Gasteiger partial charge on any atom is -0.481 e. The molecule has 5 nitrogen and oxygen atoms in total. The Morgan fingerprint density at radius 3 is 2.37 bits per heavy atom. The van der Waals surface area contributed by atoms with Gasteiger partial charge in [0.2, 0.25) is 5.91 Å². The fraction of sp³-hybridized carbons (Fsp3) is 0.857. The Kier molecular flexibility index (Phi) is 6.84. The minimum absolute atomic E-state index is 0.116. The zero-order valence-corrected chi connectivity index (χ0v) is 12.1. The minimum atomic E-state index is -0.758. The summed E-state index contributed by atoms with van der Waals surface area (Å²) >= 11 is 0. The van der Waals surface area contributed by atoms with Crippen LogP contribution in [0.4, 0.5) is 0 Å². The zero-order valence-electron chi connectivity index (χ0n) is 12.1. The third-order valence-corrected chi connectivity index (χ3v) is 3.74. The second-order valence-corrected chi connectivity index (χ2v) is 5.35. The molecule has 1 heterocycles. The molecule has 1 aliphatic heterocycles. The van der Waals surface area contributed by atoms with E-state index in [1.807, 2.05) is 11.8 Å². The lowest BCUT2D eigenvalue weighted by molar-refractivity contribution is -0.139. The molecule has 1 rings (SSSR count). The van der Waals surface area contributed by atoms with Crippen LogP contribution >= 0.6 is 0 Å². The van der Waals surface area contributed by atoms with Gasteiger partial charge in [-0.3, -0.25) is 14.5 Å². The number of carboxylic acids is 1. The van der Waals surface area contributed by atoms with Gasteiger partial charge in [0.25, 0.3) is 0 Å². The second-order valence-electron chi connectivity index (χ2n) is 5.35. The van der Waals surface area contributed by atoms with E-state index in [-0.39, 0.29) is 18.2 Å². The molecule has 0 aromatic carbocycles. The summed E-state index contributed by atoms with van der Waals surface area (Å²) in [6, 6.07) is 0. The van der Waals surface area contributed by atoms with Crippen molar-refractivity contribution in [2.45, 2.75) is 39.5 Å². The summed E-state index contributed by atoms with van der Waals surface area (Å²) in [6.45, 7) is 7.78. The van der Waals surface area contributed by atoms with E-state index in [1.54, 1.807) is 0 Å². The van der Waals surface area contributed by atoms with Crippen LogP contribution < -0.4 is 0 Å². The van der Waals surface area contributed by atoms with Gasteiger partial charge in [-0.15, -0.1) is 0 Å². The van der Waals surface area contributed by atoms with E-state index >= 15 is 0 Å². The summed E-state index contributed by atoms with van der Waals surface area (Å²) < 4.78 is 0. The van der Waals surface area contributed by atoms with Crippen LogP contribution in [-0.4, -0.2) is 59.5 Å². The predicted molar refractivity (Wildman–Crippen MR) is 74.0 cm³/mol. The van der Waals surface area contributed by atoms with Crippen LogP contribution in [0.2, 0.25) is 0 Å². The van der Waals surface area contributed by atoms with Crippen molar-refractivity contribution < 1.29 is 14.7 Å². The summed E-state index contributed by atoms with van der Waals surface area (Å²) in [7, 11) is 0. The Morgan fingerprint density at radius 1 is 1.21 bits per heavy atom. The standard InChI is InChI=1S/C14H26N2O3/c1-3-4-5-12(2)14(19)16-10-8-15(9-11-16)7-6-13(17)18/h12H,3-11H2,1-2H3,(H,17,18). The number of nitrogens with zero attached hydrogens (tertiary/aromatic N) is 2. The van der Waals surface area contributed by atoms with Crippen molar-refractivity contribution in [2.24, 2.45) is 5.92 Å². The maximum Gasteiger partial charge on any atom is 0.304 e. The van der Waals surface area contributed by atoms with E-state index in [0.29, 0.717) is 6.54 Å². The van der Waals surface area contributed by atoms with Crippen molar-refractivity contribution in [2.75, 3.05) is 32.7 Å². The highest BCUT2D eigenvalue weighted by Gasteiger charge is 2.24. The van der Waals surface area contributed by atoms with E-state index in [1.165, 1.54) is 0 Å². The first kappa shape index (κ1) is 16.0. The van der Waals surface area contributed by atoms with Crippen molar-refractivity contribution in [3.63, 3.8) is 0 Å². The Labute approximate surface area is 115 Å². The van der Waals surface area contributed by atoms with Crippen LogP contribution in [0.1, 0.15) is 39.5 Å². The van der Waals surface area contributed by atoms with Crippen LogP contribution in [0.15, 0.2) is 0 Å². The number of amides is 1. The second kappa shape index (κ2) is 8.15. The molecule has 1 fully saturated rings. The van der Waals surface area contributed by atoms with E-state index in [4.69, 9.17) is 5.11 Å². The molecule has 1 unspecified atom stereocenters. The lowest BCUT2D eigenvalue weighted by Gasteiger charge is -2.35. The quantitative estimate of drug-likeness (QED) is 0.760. The van der Waals surface area contributed by atoms with Crippen molar-refractivity contribution in [3.8, 4) is 0 Å². The van der Waals surface area contributed by atoms with Crippen LogP contribution in [0.5, 0.6) is 0 Å². The third kappa shape index (κ3) is 5.59. The first-order chi connectivity index (χ1) is 9.04. The SMILES string of the molecule is CCCCC(C)C(=O)N1CCN(CCC(=O)O)CC1. The van der Waals surface area contributed by atoms with Gasteiger partial charge < -0.3 is 10.0 Å². The molecule has 1 N–H and O–H groups in total. The lowest BCUT2D eigenvalue weighted by atomic mass is 10.0. The van der Waals surface area contributed by atoms with Gasteiger partial charge in [0, 0.05) is 38.6 Å². The monoisotopic (exact) mass is 270 g/mol. The smallest absolute Gasteiger partial charge is 0.304 e. The van der Waals surface area contributed by atoms with Crippen molar-refractivity contribution in [3.05, 3.63) is 0 Å². The number of unbranched alkanes of at least 4 members (excludes halogenated alkanes) is 1. The molecular weight excluding hydrogens is 244 g/mol. The summed E-state index contributed by atoms with van der Waals surface area (Å²) in [5.41, 5.74) is 0. The van der Waals surface area contributed by atoms with Crippen LogP contribution in [-0.2, 0) is 9.59 Å². The molecule has 0 aromatic rings. The highest BCUT2D eigenvalue weighted by Crippen LogP contribution is 2.13. The Balaban J connectivity index is 2.28. The van der Waals surface area contributed by atoms with Gasteiger partial charge in [-0.1, -0.05) is 26.7 Å². The summed E-state index contributed by atoms with van der Waals surface area (Å²) in [5, 5.41) is 8.65.